The molecule has 3 aromatic heterocycles. The van der Waals surface area contributed by atoms with Crippen molar-refractivity contribution in [3.63, 3.8) is 0 Å². The van der Waals surface area contributed by atoms with Gasteiger partial charge in [0, 0.05) is 43.5 Å². The number of likely N-dealkylation sites (tertiary alicyclic amines) is 1. The molecular weight excluding hydrogens is 362 g/mol. The number of nitrogens with one attached hydrogen (secondary N) is 1. The number of H-pyrrole nitrogens is 1. The Morgan fingerprint density at radius 1 is 1.10 bits per heavy atom. The highest BCUT2D eigenvalue weighted by Crippen LogP contribution is 2.33. The Morgan fingerprint density at radius 2 is 1.90 bits per heavy atom. The first-order valence-corrected chi connectivity index (χ1v) is 10.0. The number of aromatic amines is 1. The molecule has 5 rings (SSSR count). The Balaban J connectivity index is 1.31. The van der Waals surface area contributed by atoms with Crippen LogP contribution in [0.1, 0.15) is 34.8 Å². The average Bonchev–Trinajstić information content (AvgIpc) is 3.38. The number of amides is 1. The number of hydrogen-bond acceptors (Lipinski definition) is 3. The highest BCUT2D eigenvalue weighted by molar-refractivity contribution is 5.94. The van der Waals surface area contributed by atoms with Gasteiger partial charge in [-0.1, -0.05) is 30.3 Å². The summed E-state index contributed by atoms with van der Waals surface area (Å²) >= 11 is 0. The molecule has 0 spiro atoms. The summed E-state index contributed by atoms with van der Waals surface area (Å²) in [6.45, 7) is 1.50. The Labute approximate surface area is 169 Å². The van der Waals surface area contributed by atoms with Crippen molar-refractivity contribution in [1.82, 2.24) is 24.6 Å². The van der Waals surface area contributed by atoms with Gasteiger partial charge in [0.15, 0.2) is 0 Å². The van der Waals surface area contributed by atoms with Crippen LogP contribution < -0.4 is 0 Å². The molecule has 1 aliphatic rings. The van der Waals surface area contributed by atoms with E-state index in [1.54, 1.807) is 4.68 Å². The van der Waals surface area contributed by atoms with Gasteiger partial charge in [-0.2, -0.15) is 5.10 Å². The van der Waals surface area contributed by atoms with E-state index in [-0.39, 0.29) is 5.91 Å². The number of aryl methyl sites for hydroxylation is 1. The van der Waals surface area contributed by atoms with Crippen LogP contribution in [-0.2, 0) is 7.05 Å². The van der Waals surface area contributed by atoms with Gasteiger partial charge in [0.2, 0.25) is 0 Å². The third-order valence-electron chi connectivity index (χ3n) is 5.87. The summed E-state index contributed by atoms with van der Waals surface area (Å²) < 4.78 is 1.70. The summed E-state index contributed by atoms with van der Waals surface area (Å²) in [7, 11) is 1.84. The van der Waals surface area contributed by atoms with Crippen LogP contribution in [0.15, 0.2) is 60.9 Å². The predicted octanol–water partition coefficient (Wildman–Crippen LogP) is 3.98. The minimum absolute atomic E-state index is 0.0567. The van der Waals surface area contributed by atoms with Gasteiger partial charge >= 0.3 is 0 Å². The lowest BCUT2D eigenvalue weighted by atomic mass is 9.89. The van der Waals surface area contributed by atoms with Crippen molar-refractivity contribution in [1.29, 1.82) is 0 Å². The first kappa shape index (κ1) is 17.7. The van der Waals surface area contributed by atoms with Crippen LogP contribution in [0, 0.1) is 0 Å². The molecule has 0 aliphatic carbocycles. The van der Waals surface area contributed by atoms with E-state index in [0.29, 0.717) is 11.6 Å². The Kier molecular flexibility index (Phi) is 4.39. The van der Waals surface area contributed by atoms with Gasteiger partial charge in [-0.3, -0.25) is 9.48 Å². The van der Waals surface area contributed by atoms with Crippen molar-refractivity contribution in [3.8, 4) is 11.3 Å². The van der Waals surface area contributed by atoms with Crippen molar-refractivity contribution < 1.29 is 4.79 Å². The maximum Gasteiger partial charge on any atom is 0.272 e. The number of piperidine rings is 1. The van der Waals surface area contributed by atoms with Gasteiger partial charge in [0.25, 0.3) is 5.91 Å². The van der Waals surface area contributed by atoms with Crippen LogP contribution in [0.4, 0.5) is 0 Å². The summed E-state index contributed by atoms with van der Waals surface area (Å²) in [6.07, 6.45) is 5.79. The molecule has 1 saturated heterocycles. The van der Waals surface area contributed by atoms with E-state index in [1.165, 1.54) is 10.9 Å². The van der Waals surface area contributed by atoms with E-state index in [1.807, 2.05) is 60.6 Å². The monoisotopic (exact) mass is 385 g/mol. The number of rotatable bonds is 3. The van der Waals surface area contributed by atoms with Crippen molar-refractivity contribution in [2.75, 3.05) is 13.1 Å². The zero-order chi connectivity index (χ0) is 19.8. The van der Waals surface area contributed by atoms with Crippen LogP contribution in [0.5, 0.6) is 0 Å². The number of fused-ring (bicyclic) bond motifs is 1. The lowest BCUT2D eigenvalue weighted by Gasteiger charge is -2.32. The predicted molar refractivity (Wildman–Crippen MR) is 113 cm³/mol. The summed E-state index contributed by atoms with van der Waals surface area (Å²) in [5.74, 6) is 0.504. The van der Waals surface area contributed by atoms with E-state index in [9.17, 15) is 4.79 Å². The number of carbonyl (C=O) groups excluding carboxylic acids is 1. The van der Waals surface area contributed by atoms with Crippen LogP contribution in [0.25, 0.3) is 22.3 Å². The first-order chi connectivity index (χ1) is 14.2. The molecule has 29 heavy (non-hydrogen) atoms. The van der Waals surface area contributed by atoms with Crippen LogP contribution in [0.2, 0.25) is 0 Å². The molecule has 6 heteroatoms. The molecule has 4 aromatic rings. The largest absolute Gasteiger partial charge is 0.346 e. The molecule has 0 saturated carbocycles. The fraction of sp³-hybridized carbons (Fsp3) is 0.261. The van der Waals surface area contributed by atoms with Gasteiger partial charge in [-0.25, -0.2) is 4.98 Å². The third kappa shape index (κ3) is 3.20. The maximum absolute atomic E-state index is 13.1. The quantitative estimate of drug-likeness (QED) is 0.580. The standard InChI is InChI=1S/C23H23N5O/c1-27-21(14-20(26-27)17-6-3-2-4-7-17)23(29)28-12-9-16(10-13-28)19-15-25-22-18(19)8-5-11-24-22/h2-8,11,14-16H,9-10,12-13H2,1H3,(H,24,25). The SMILES string of the molecule is Cn1nc(-c2ccccc2)cc1C(=O)N1CCC(c2c[nH]c3ncccc23)CC1. The molecule has 1 N–H and O–H groups in total. The van der Waals surface area contributed by atoms with Crippen molar-refractivity contribution >= 4 is 16.9 Å². The van der Waals surface area contributed by atoms with E-state index in [4.69, 9.17) is 0 Å². The maximum atomic E-state index is 13.1. The summed E-state index contributed by atoms with van der Waals surface area (Å²) in [5, 5.41) is 5.74. The second kappa shape index (κ2) is 7.20. The lowest BCUT2D eigenvalue weighted by Crippen LogP contribution is -2.38. The van der Waals surface area contributed by atoms with Crippen molar-refractivity contribution in [2.24, 2.45) is 7.05 Å². The second-order valence-electron chi connectivity index (χ2n) is 7.61. The smallest absolute Gasteiger partial charge is 0.272 e. The lowest BCUT2D eigenvalue weighted by molar-refractivity contribution is 0.0702. The molecule has 0 radical (unpaired) electrons. The summed E-state index contributed by atoms with van der Waals surface area (Å²) in [4.78, 5) is 22.7. The average molecular weight is 385 g/mol. The molecular formula is C23H23N5O. The molecule has 1 aromatic carbocycles. The molecule has 1 aliphatic heterocycles. The number of aromatic nitrogens is 4. The molecule has 4 heterocycles. The Bertz CT molecular complexity index is 1150. The molecule has 1 fully saturated rings. The van der Waals surface area contributed by atoms with Crippen molar-refractivity contribution in [2.45, 2.75) is 18.8 Å². The Morgan fingerprint density at radius 3 is 2.69 bits per heavy atom. The van der Waals surface area contributed by atoms with Gasteiger partial charge in [0.05, 0.1) is 5.69 Å². The van der Waals surface area contributed by atoms with Crippen LogP contribution in [-0.4, -0.2) is 43.6 Å². The minimum atomic E-state index is 0.0567. The molecule has 0 atom stereocenters. The fourth-order valence-corrected chi connectivity index (χ4v) is 4.29. The number of nitrogens with zero attached hydrogens (tertiary/aromatic N) is 4. The topological polar surface area (TPSA) is 66.8 Å². The highest BCUT2D eigenvalue weighted by Gasteiger charge is 2.28. The van der Waals surface area contributed by atoms with Gasteiger partial charge in [0.1, 0.15) is 11.3 Å². The van der Waals surface area contributed by atoms with Crippen LogP contribution >= 0.6 is 0 Å². The van der Waals surface area contributed by atoms with E-state index >= 15 is 0 Å². The number of pyridine rings is 1. The molecule has 6 nitrogen and oxygen atoms in total. The summed E-state index contributed by atoms with van der Waals surface area (Å²) in [5.41, 5.74) is 4.74. The van der Waals surface area contributed by atoms with Crippen LogP contribution in [0.3, 0.4) is 0 Å². The third-order valence-corrected chi connectivity index (χ3v) is 5.87. The van der Waals surface area contributed by atoms with E-state index in [0.717, 1.165) is 42.8 Å². The summed E-state index contributed by atoms with van der Waals surface area (Å²) in [6, 6.07) is 16.0. The van der Waals surface area contributed by atoms with E-state index in [2.05, 4.69) is 27.3 Å². The normalized spacial score (nSPS) is 15.1. The van der Waals surface area contributed by atoms with Crippen molar-refractivity contribution in [3.05, 3.63) is 72.2 Å². The molecule has 0 unspecified atom stereocenters. The zero-order valence-electron chi connectivity index (χ0n) is 16.4. The molecule has 146 valence electrons. The number of carbonyl (C=O) groups is 1. The number of hydrogen-bond donors (Lipinski definition) is 1. The molecule has 1 amide bonds. The molecule has 0 bridgehead atoms. The zero-order valence-corrected chi connectivity index (χ0v) is 16.4. The highest BCUT2D eigenvalue weighted by atomic mass is 16.2. The second-order valence-corrected chi connectivity index (χ2v) is 7.61. The number of benzene rings is 1. The Hall–Kier alpha value is -3.41. The fourth-order valence-electron chi connectivity index (χ4n) is 4.29. The van der Waals surface area contributed by atoms with Gasteiger partial charge in [-0.15, -0.1) is 0 Å². The van der Waals surface area contributed by atoms with Gasteiger partial charge in [-0.05, 0) is 42.5 Å². The van der Waals surface area contributed by atoms with E-state index < -0.39 is 0 Å². The minimum Gasteiger partial charge on any atom is -0.346 e. The van der Waals surface area contributed by atoms with Gasteiger partial charge < -0.3 is 9.88 Å². The first-order valence-electron chi connectivity index (χ1n) is 10.0.